The quantitative estimate of drug-likeness (QED) is 0.793. The minimum Gasteiger partial charge on any atom is -0.459 e. The standard InChI is InChI=1S/C15H14N2O3/c1-9-7-12(17-20-9)15(18)16-10(2)14-8-11-5-3-4-6-13(11)19-14/h3-8,10H,1-2H3,(H,16,18). The Morgan fingerprint density at radius 3 is 2.80 bits per heavy atom. The van der Waals surface area contributed by atoms with Crippen LogP contribution in [-0.4, -0.2) is 11.1 Å². The first-order chi connectivity index (χ1) is 9.63. The summed E-state index contributed by atoms with van der Waals surface area (Å²) in [5, 5.41) is 7.53. The molecule has 1 unspecified atom stereocenters. The highest BCUT2D eigenvalue weighted by Crippen LogP contribution is 2.23. The number of benzene rings is 1. The van der Waals surface area contributed by atoms with E-state index in [0.29, 0.717) is 11.5 Å². The molecule has 3 aromatic rings. The molecule has 1 atom stereocenters. The first-order valence-corrected chi connectivity index (χ1v) is 6.36. The highest BCUT2D eigenvalue weighted by Gasteiger charge is 2.17. The van der Waals surface area contributed by atoms with E-state index in [1.54, 1.807) is 13.0 Å². The van der Waals surface area contributed by atoms with Gasteiger partial charge in [0.1, 0.15) is 17.1 Å². The number of fused-ring (bicyclic) bond motifs is 1. The van der Waals surface area contributed by atoms with Crippen LogP contribution in [0.25, 0.3) is 11.0 Å². The van der Waals surface area contributed by atoms with Gasteiger partial charge in [-0.25, -0.2) is 0 Å². The van der Waals surface area contributed by atoms with E-state index in [-0.39, 0.29) is 17.6 Å². The lowest BCUT2D eigenvalue weighted by Crippen LogP contribution is -2.26. The van der Waals surface area contributed by atoms with Gasteiger partial charge in [-0.1, -0.05) is 23.4 Å². The molecule has 0 aliphatic carbocycles. The average Bonchev–Trinajstić information content (AvgIpc) is 3.04. The van der Waals surface area contributed by atoms with Gasteiger partial charge in [-0.05, 0) is 26.0 Å². The maximum Gasteiger partial charge on any atom is 0.274 e. The molecule has 2 heterocycles. The summed E-state index contributed by atoms with van der Waals surface area (Å²) in [5.74, 6) is 1.03. The maximum absolute atomic E-state index is 12.0. The van der Waals surface area contributed by atoms with E-state index in [4.69, 9.17) is 8.94 Å². The third-order valence-corrected chi connectivity index (χ3v) is 3.08. The largest absolute Gasteiger partial charge is 0.459 e. The molecule has 5 heteroatoms. The van der Waals surface area contributed by atoms with Crippen LogP contribution in [0, 0.1) is 6.92 Å². The van der Waals surface area contributed by atoms with Gasteiger partial charge in [0.05, 0.1) is 6.04 Å². The van der Waals surface area contributed by atoms with Crippen molar-refractivity contribution in [3.05, 3.63) is 53.6 Å². The Labute approximate surface area is 115 Å². The van der Waals surface area contributed by atoms with Gasteiger partial charge in [0.15, 0.2) is 5.69 Å². The van der Waals surface area contributed by atoms with Crippen molar-refractivity contribution in [1.29, 1.82) is 0 Å². The van der Waals surface area contributed by atoms with Gasteiger partial charge >= 0.3 is 0 Å². The van der Waals surface area contributed by atoms with Gasteiger partial charge in [-0.15, -0.1) is 0 Å². The summed E-state index contributed by atoms with van der Waals surface area (Å²) in [5.41, 5.74) is 1.08. The zero-order valence-corrected chi connectivity index (χ0v) is 11.2. The molecule has 20 heavy (non-hydrogen) atoms. The van der Waals surface area contributed by atoms with Gasteiger partial charge in [-0.2, -0.15) is 0 Å². The smallest absolute Gasteiger partial charge is 0.274 e. The maximum atomic E-state index is 12.0. The fourth-order valence-electron chi connectivity index (χ4n) is 2.03. The first-order valence-electron chi connectivity index (χ1n) is 6.36. The van der Waals surface area contributed by atoms with Crippen molar-refractivity contribution in [3.8, 4) is 0 Å². The molecule has 0 radical (unpaired) electrons. The second-order valence-corrected chi connectivity index (χ2v) is 4.70. The number of rotatable bonds is 3. The third-order valence-electron chi connectivity index (χ3n) is 3.08. The molecule has 102 valence electrons. The number of aryl methyl sites for hydroxylation is 1. The van der Waals surface area contributed by atoms with Crippen LogP contribution in [0.4, 0.5) is 0 Å². The summed E-state index contributed by atoms with van der Waals surface area (Å²) >= 11 is 0. The van der Waals surface area contributed by atoms with Crippen LogP contribution in [-0.2, 0) is 0 Å². The molecule has 0 fully saturated rings. The SMILES string of the molecule is Cc1cc(C(=O)NC(C)c2cc3ccccc3o2)no1. The van der Waals surface area contributed by atoms with Crippen LogP contribution in [0.3, 0.4) is 0 Å². The zero-order valence-electron chi connectivity index (χ0n) is 11.2. The van der Waals surface area contributed by atoms with Crippen molar-refractivity contribution >= 4 is 16.9 Å². The lowest BCUT2D eigenvalue weighted by atomic mass is 10.2. The van der Waals surface area contributed by atoms with Crippen LogP contribution in [0.2, 0.25) is 0 Å². The van der Waals surface area contributed by atoms with Crippen LogP contribution < -0.4 is 5.32 Å². The van der Waals surface area contributed by atoms with Crippen LogP contribution >= 0.6 is 0 Å². The predicted octanol–water partition coefficient (Wildman–Crippen LogP) is 3.22. The monoisotopic (exact) mass is 270 g/mol. The second-order valence-electron chi connectivity index (χ2n) is 4.70. The number of amides is 1. The minimum atomic E-state index is -0.283. The van der Waals surface area contributed by atoms with Gasteiger partial charge in [-0.3, -0.25) is 4.79 Å². The van der Waals surface area contributed by atoms with Crippen LogP contribution in [0.1, 0.15) is 35.0 Å². The van der Waals surface area contributed by atoms with E-state index in [9.17, 15) is 4.79 Å². The number of carbonyl (C=O) groups is 1. The van der Waals surface area contributed by atoms with E-state index < -0.39 is 0 Å². The summed E-state index contributed by atoms with van der Waals surface area (Å²) < 4.78 is 10.6. The zero-order chi connectivity index (χ0) is 14.1. The number of carbonyl (C=O) groups excluding carboxylic acids is 1. The number of aromatic nitrogens is 1. The summed E-state index contributed by atoms with van der Waals surface area (Å²) in [6, 6.07) is 11.0. The molecule has 0 saturated heterocycles. The molecule has 0 saturated carbocycles. The number of nitrogens with zero attached hydrogens (tertiary/aromatic N) is 1. The number of furan rings is 1. The fraction of sp³-hybridized carbons (Fsp3) is 0.200. The van der Waals surface area contributed by atoms with Crippen molar-refractivity contribution in [2.75, 3.05) is 0 Å². The molecular formula is C15H14N2O3. The molecule has 0 aliphatic rings. The number of para-hydroxylation sites is 1. The predicted molar refractivity (Wildman–Crippen MR) is 73.3 cm³/mol. The lowest BCUT2D eigenvalue weighted by molar-refractivity contribution is 0.0926. The highest BCUT2D eigenvalue weighted by molar-refractivity contribution is 5.92. The summed E-state index contributed by atoms with van der Waals surface area (Å²) in [6.07, 6.45) is 0. The molecule has 5 nitrogen and oxygen atoms in total. The van der Waals surface area contributed by atoms with Crippen molar-refractivity contribution in [3.63, 3.8) is 0 Å². The van der Waals surface area contributed by atoms with Crippen molar-refractivity contribution in [2.45, 2.75) is 19.9 Å². The average molecular weight is 270 g/mol. The molecule has 2 aromatic heterocycles. The third kappa shape index (κ3) is 2.30. The Morgan fingerprint density at radius 1 is 1.30 bits per heavy atom. The van der Waals surface area contributed by atoms with Gasteiger partial charge in [0, 0.05) is 11.5 Å². The van der Waals surface area contributed by atoms with Gasteiger partial charge < -0.3 is 14.3 Å². The van der Waals surface area contributed by atoms with E-state index in [1.807, 2.05) is 37.3 Å². The Kier molecular flexibility index (Phi) is 3.02. The Morgan fingerprint density at radius 2 is 2.10 bits per heavy atom. The topological polar surface area (TPSA) is 68.3 Å². The summed E-state index contributed by atoms with van der Waals surface area (Å²) in [4.78, 5) is 12.0. The molecule has 0 aliphatic heterocycles. The lowest BCUT2D eigenvalue weighted by Gasteiger charge is -2.09. The number of hydrogen-bond acceptors (Lipinski definition) is 4. The molecule has 0 bridgehead atoms. The van der Waals surface area contributed by atoms with Gasteiger partial charge in [0.2, 0.25) is 0 Å². The number of nitrogens with one attached hydrogen (secondary N) is 1. The molecule has 3 rings (SSSR count). The summed E-state index contributed by atoms with van der Waals surface area (Å²) in [7, 11) is 0. The van der Waals surface area contributed by atoms with Crippen molar-refractivity contribution in [1.82, 2.24) is 10.5 Å². The van der Waals surface area contributed by atoms with E-state index in [2.05, 4.69) is 10.5 Å². The Bertz CT molecular complexity index is 724. The molecular weight excluding hydrogens is 256 g/mol. The molecule has 1 amide bonds. The van der Waals surface area contributed by atoms with Crippen LogP contribution in [0.15, 0.2) is 45.3 Å². The van der Waals surface area contributed by atoms with Gasteiger partial charge in [0.25, 0.3) is 5.91 Å². The fourth-order valence-corrected chi connectivity index (χ4v) is 2.03. The molecule has 0 spiro atoms. The first kappa shape index (κ1) is 12.5. The normalized spacial score (nSPS) is 12.5. The summed E-state index contributed by atoms with van der Waals surface area (Å²) in [6.45, 7) is 3.61. The second kappa shape index (κ2) is 4.85. The van der Waals surface area contributed by atoms with Crippen molar-refractivity contribution in [2.24, 2.45) is 0 Å². The highest BCUT2D eigenvalue weighted by atomic mass is 16.5. The van der Waals surface area contributed by atoms with E-state index in [0.717, 1.165) is 11.0 Å². The molecule has 1 N–H and O–H groups in total. The molecule has 1 aromatic carbocycles. The van der Waals surface area contributed by atoms with E-state index in [1.165, 1.54) is 0 Å². The Balaban J connectivity index is 1.78. The van der Waals surface area contributed by atoms with Crippen LogP contribution in [0.5, 0.6) is 0 Å². The number of hydrogen-bond donors (Lipinski definition) is 1. The Hall–Kier alpha value is -2.56. The van der Waals surface area contributed by atoms with Crippen molar-refractivity contribution < 1.29 is 13.7 Å². The minimum absolute atomic E-state index is 0.244. The van der Waals surface area contributed by atoms with E-state index >= 15 is 0 Å².